The summed E-state index contributed by atoms with van der Waals surface area (Å²) >= 11 is 0. The molecule has 0 N–H and O–H groups in total. The summed E-state index contributed by atoms with van der Waals surface area (Å²) in [6, 6.07) is 0. The molecule has 140 valence electrons. The monoisotopic (exact) mass is 358 g/mol. The molecule has 0 aliphatic heterocycles. The smallest absolute Gasteiger partial charge is 0.302 e. The molecule has 0 bridgehead atoms. The SMILES string of the molecule is CC(=O)O[C@H]1CC[C@@]2(C)C(=CC(=O)[C@@H]3[C@@H]2CC[C@]2(C)C(=O)C(=O)C[C@@H]32)C1. The predicted molar refractivity (Wildman–Crippen MR) is 93.0 cm³/mol. The van der Waals surface area contributed by atoms with Gasteiger partial charge < -0.3 is 4.74 Å². The molecule has 5 nitrogen and oxygen atoms in total. The first-order chi connectivity index (χ1) is 12.2. The van der Waals surface area contributed by atoms with Crippen molar-refractivity contribution in [2.45, 2.75) is 65.4 Å². The summed E-state index contributed by atoms with van der Waals surface area (Å²) in [7, 11) is 0. The van der Waals surface area contributed by atoms with Crippen molar-refractivity contribution in [3.05, 3.63) is 11.6 Å². The van der Waals surface area contributed by atoms with Crippen molar-refractivity contribution < 1.29 is 23.9 Å². The number of allylic oxidation sites excluding steroid dienone is 1. The van der Waals surface area contributed by atoms with E-state index >= 15 is 0 Å². The minimum atomic E-state index is -0.662. The van der Waals surface area contributed by atoms with Gasteiger partial charge in [0.15, 0.2) is 11.6 Å². The topological polar surface area (TPSA) is 77.5 Å². The number of rotatable bonds is 1. The second-order valence-electron chi connectivity index (χ2n) is 9.11. The quantitative estimate of drug-likeness (QED) is 0.532. The van der Waals surface area contributed by atoms with E-state index in [1.165, 1.54) is 6.92 Å². The van der Waals surface area contributed by atoms with Crippen molar-refractivity contribution in [2.75, 3.05) is 0 Å². The lowest BCUT2D eigenvalue weighted by Gasteiger charge is -2.55. The van der Waals surface area contributed by atoms with Crippen molar-refractivity contribution in [2.24, 2.45) is 28.6 Å². The Kier molecular flexibility index (Phi) is 3.80. The molecule has 0 aromatic rings. The van der Waals surface area contributed by atoms with Gasteiger partial charge in [-0.25, -0.2) is 0 Å². The maximum atomic E-state index is 13.0. The van der Waals surface area contributed by atoms with Gasteiger partial charge in [0, 0.05) is 31.1 Å². The molecule has 6 atom stereocenters. The van der Waals surface area contributed by atoms with E-state index < -0.39 is 5.41 Å². The van der Waals surface area contributed by atoms with Gasteiger partial charge in [-0.1, -0.05) is 19.4 Å². The maximum absolute atomic E-state index is 13.0. The second kappa shape index (κ2) is 5.61. The number of esters is 1. The fourth-order valence-electron chi connectivity index (χ4n) is 6.31. The molecule has 0 unspecified atom stereocenters. The summed E-state index contributed by atoms with van der Waals surface area (Å²) in [6.45, 7) is 5.52. The summed E-state index contributed by atoms with van der Waals surface area (Å²) in [6.07, 6.45) is 5.58. The molecule has 4 rings (SSSR count). The van der Waals surface area contributed by atoms with E-state index in [0.29, 0.717) is 12.8 Å². The minimum absolute atomic E-state index is 0.0596. The fourth-order valence-corrected chi connectivity index (χ4v) is 6.31. The van der Waals surface area contributed by atoms with Crippen LogP contribution in [0.25, 0.3) is 0 Å². The lowest BCUT2D eigenvalue weighted by atomic mass is 9.48. The van der Waals surface area contributed by atoms with Crippen LogP contribution < -0.4 is 0 Å². The lowest BCUT2D eigenvalue weighted by molar-refractivity contribution is -0.149. The summed E-state index contributed by atoms with van der Waals surface area (Å²) < 4.78 is 5.39. The summed E-state index contributed by atoms with van der Waals surface area (Å²) in [5.74, 6) is -1.01. The molecule has 3 fully saturated rings. The summed E-state index contributed by atoms with van der Waals surface area (Å²) in [5, 5.41) is 0. The summed E-state index contributed by atoms with van der Waals surface area (Å²) in [4.78, 5) is 48.9. The highest BCUT2D eigenvalue weighted by atomic mass is 16.5. The molecular weight excluding hydrogens is 332 g/mol. The van der Waals surface area contributed by atoms with Crippen molar-refractivity contribution in [1.29, 1.82) is 0 Å². The van der Waals surface area contributed by atoms with Crippen LogP contribution in [0.15, 0.2) is 11.6 Å². The van der Waals surface area contributed by atoms with E-state index in [0.717, 1.165) is 24.8 Å². The lowest BCUT2D eigenvalue weighted by Crippen LogP contribution is -2.53. The van der Waals surface area contributed by atoms with Gasteiger partial charge in [0.25, 0.3) is 0 Å². The van der Waals surface area contributed by atoms with E-state index in [-0.39, 0.29) is 59.0 Å². The van der Waals surface area contributed by atoms with Gasteiger partial charge in [0.05, 0.1) is 0 Å². The number of hydrogen-bond acceptors (Lipinski definition) is 5. The molecule has 4 aliphatic rings. The van der Waals surface area contributed by atoms with Crippen molar-refractivity contribution >= 4 is 23.3 Å². The van der Waals surface area contributed by atoms with Gasteiger partial charge in [-0.3, -0.25) is 19.2 Å². The number of hydrogen-bond donors (Lipinski definition) is 0. The van der Waals surface area contributed by atoms with Crippen LogP contribution in [-0.2, 0) is 23.9 Å². The predicted octanol–water partition coefficient (Wildman–Crippen LogP) is 2.81. The van der Waals surface area contributed by atoms with Crippen LogP contribution in [0.1, 0.15) is 59.3 Å². The molecule has 4 aliphatic carbocycles. The van der Waals surface area contributed by atoms with Gasteiger partial charge in [0.1, 0.15) is 6.10 Å². The first-order valence-corrected chi connectivity index (χ1v) is 9.66. The maximum Gasteiger partial charge on any atom is 0.302 e. The molecule has 0 radical (unpaired) electrons. The third kappa shape index (κ3) is 2.28. The zero-order valence-corrected chi connectivity index (χ0v) is 15.7. The Morgan fingerprint density at radius 1 is 1.04 bits per heavy atom. The Morgan fingerprint density at radius 2 is 1.73 bits per heavy atom. The van der Waals surface area contributed by atoms with Crippen LogP contribution in [-0.4, -0.2) is 29.4 Å². The van der Waals surface area contributed by atoms with Crippen LogP contribution in [0.5, 0.6) is 0 Å². The van der Waals surface area contributed by atoms with Gasteiger partial charge in [0.2, 0.25) is 5.78 Å². The molecule has 0 amide bonds. The largest absolute Gasteiger partial charge is 0.462 e. The first-order valence-electron chi connectivity index (χ1n) is 9.66. The van der Waals surface area contributed by atoms with E-state index in [1.807, 2.05) is 6.92 Å². The molecule has 0 saturated heterocycles. The third-order valence-corrected chi connectivity index (χ3v) is 7.80. The number of carbonyl (C=O) groups is 4. The molecule has 26 heavy (non-hydrogen) atoms. The molecular formula is C21H26O5. The number of carbonyl (C=O) groups excluding carboxylic acids is 4. The highest BCUT2D eigenvalue weighted by molar-refractivity contribution is 6.41. The van der Waals surface area contributed by atoms with Crippen molar-refractivity contribution in [3.8, 4) is 0 Å². The Labute approximate surface area is 153 Å². The zero-order chi connectivity index (χ0) is 18.9. The van der Waals surface area contributed by atoms with E-state index in [4.69, 9.17) is 4.74 Å². The Hall–Kier alpha value is -1.78. The summed E-state index contributed by atoms with van der Waals surface area (Å²) in [5.41, 5.74) is 0.316. The zero-order valence-electron chi connectivity index (χ0n) is 15.7. The molecule has 0 aromatic heterocycles. The number of Topliss-reactive ketones (excluding diaryl/α,β-unsaturated/α-hetero) is 2. The van der Waals surface area contributed by atoms with Crippen LogP contribution in [0.4, 0.5) is 0 Å². The van der Waals surface area contributed by atoms with Gasteiger partial charge >= 0.3 is 5.97 Å². The minimum Gasteiger partial charge on any atom is -0.462 e. The van der Waals surface area contributed by atoms with E-state index in [9.17, 15) is 19.2 Å². The second-order valence-corrected chi connectivity index (χ2v) is 9.11. The van der Waals surface area contributed by atoms with Gasteiger partial charge in [-0.15, -0.1) is 0 Å². The van der Waals surface area contributed by atoms with Crippen LogP contribution in [0.3, 0.4) is 0 Å². The standard InChI is InChI=1S/C21H26O5/c1-11(22)26-13-4-6-20(2)12(8-13)9-16(23)18-14(20)5-7-21(3)15(18)10-17(24)19(21)25/h9,13-15,18H,4-8,10H2,1-3H3/t13-,14-,15-,18+,20-,21-/m0/s1. The molecule has 0 spiro atoms. The third-order valence-electron chi connectivity index (χ3n) is 7.80. The Balaban J connectivity index is 1.68. The highest BCUT2D eigenvalue weighted by Gasteiger charge is 2.63. The molecule has 0 heterocycles. The van der Waals surface area contributed by atoms with Crippen molar-refractivity contribution in [1.82, 2.24) is 0 Å². The normalized spacial score (nSPS) is 44.7. The van der Waals surface area contributed by atoms with Crippen LogP contribution >= 0.6 is 0 Å². The first kappa shape index (κ1) is 17.6. The Bertz CT molecular complexity index is 750. The fraction of sp³-hybridized carbons (Fsp3) is 0.714. The van der Waals surface area contributed by atoms with E-state index in [1.54, 1.807) is 6.08 Å². The highest BCUT2D eigenvalue weighted by Crippen LogP contribution is 2.62. The van der Waals surface area contributed by atoms with Crippen molar-refractivity contribution in [3.63, 3.8) is 0 Å². The number of ether oxygens (including phenoxy) is 1. The average molecular weight is 358 g/mol. The molecule has 3 saturated carbocycles. The van der Waals surface area contributed by atoms with Gasteiger partial charge in [-0.2, -0.15) is 0 Å². The number of fused-ring (bicyclic) bond motifs is 5. The molecule has 5 heteroatoms. The average Bonchev–Trinajstić information content (AvgIpc) is 2.79. The number of ketones is 3. The van der Waals surface area contributed by atoms with Crippen LogP contribution in [0, 0.1) is 28.6 Å². The van der Waals surface area contributed by atoms with Gasteiger partial charge in [-0.05, 0) is 49.0 Å². The van der Waals surface area contributed by atoms with Crippen LogP contribution in [0.2, 0.25) is 0 Å². The van der Waals surface area contributed by atoms with E-state index in [2.05, 4.69) is 6.92 Å². The Morgan fingerprint density at radius 3 is 2.42 bits per heavy atom. The molecule has 0 aromatic carbocycles.